The fraction of sp³-hybridized carbons (Fsp3) is 0.0714. The minimum Gasteiger partial charge on any atom is -0.406 e. The zero-order valence-electron chi connectivity index (χ0n) is 11.6. The van der Waals surface area contributed by atoms with Gasteiger partial charge in [0.1, 0.15) is 6.54 Å². The first kappa shape index (κ1) is 14.4. The molecular formula is C14H10N4O5. The minimum absolute atomic E-state index is 0.143. The van der Waals surface area contributed by atoms with Gasteiger partial charge in [0.05, 0.1) is 4.92 Å². The highest BCUT2D eigenvalue weighted by Gasteiger charge is 2.14. The molecule has 1 amide bonds. The van der Waals surface area contributed by atoms with Crippen molar-refractivity contribution in [3.05, 3.63) is 63.3 Å². The summed E-state index contributed by atoms with van der Waals surface area (Å²) in [6, 6.07) is 8.69. The van der Waals surface area contributed by atoms with E-state index >= 15 is 0 Å². The molecule has 2 heterocycles. The molecule has 0 bridgehead atoms. The Bertz CT molecular complexity index is 959. The van der Waals surface area contributed by atoms with Crippen LogP contribution in [-0.4, -0.2) is 20.4 Å². The van der Waals surface area contributed by atoms with Gasteiger partial charge in [-0.25, -0.2) is 14.3 Å². The van der Waals surface area contributed by atoms with Crippen LogP contribution in [0.5, 0.6) is 0 Å². The highest BCUT2D eigenvalue weighted by atomic mass is 16.6. The van der Waals surface area contributed by atoms with E-state index in [2.05, 4.69) is 10.3 Å². The molecule has 0 spiro atoms. The summed E-state index contributed by atoms with van der Waals surface area (Å²) in [5.41, 5.74) is 0.653. The van der Waals surface area contributed by atoms with Crippen LogP contribution in [0.2, 0.25) is 0 Å². The molecule has 0 fully saturated rings. The number of rotatable bonds is 4. The number of aromatic nitrogens is 2. The van der Waals surface area contributed by atoms with Crippen molar-refractivity contribution in [3.63, 3.8) is 0 Å². The zero-order chi connectivity index (χ0) is 16.4. The maximum atomic E-state index is 12.0. The summed E-state index contributed by atoms with van der Waals surface area (Å²) in [6.07, 6.45) is 1.48. The van der Waals surface area contributed by atoms with Gasteiger partial charge < -0.3 is 9.73 Å². The number of anilines is 1. The smallest absolute Gasteiger partial charge is 0.406 e. The van der Waals surface area contributed by atoms with E-state index in [4.69, 9.17) is 4.42 Å². The van der Waals surface area contributed by atoms with Gasteiger partial charge in [0.25, 0.3) is 5.69 Å². The van der Waals surface area contributed by atoms with Crippen molar-refractivity contribution < 1.29 is 14.1 Å². The summed E-state index contributed by atoms with van der Waals surface area (Å²) in [6.45, 7) is -0.314. The summed E-state index contributed by atoms with van der Waals surface area (Å²) >= 11 is 0. The van der Waals surface area contributed by atoms with E-state index < -0.39 is 16.6 Å². The molecule has 0 radical (unpaired) electrons. The van der Waals surface area contributed by atoms with E-state index in [1.807, 2.05) is 0 Å². The van der Waals surface area contributed by atoms with Crippen LogP contribution in [0.1, 0.15) is 0 Å². The number of non-ortho nitro benzene ring substituents is 1. The predicted molar refractivity (Wildman–Crippen MR) is 80.0 cm³/mol. The fourth-order valence-electron chi connectivity index (χ4n) is 2.08. The van der Waals surface area contributed by atoms with E-state index in [9.17, 15) is 19.7 Å². The molecule has 0 aliphatic carbocycles. The predicted octanol–water partition coefficient (Wildman–Crippen LogP) is 1.54. The molecule has 9 nitrogen and oxygen atoms in total. The van der Waals surface area contributed by atoms with Crippen LogP contribution in [-0.2, 0) is 11.3 Å². The monoisotopic (exact) mass is 314 g/mol. The summed E-state index contributed by atoms with van der Waals surface area (Å²) in [4.78, 5) is 38.0. The molecule has 3 aromatic rings. The van der Waals surface area contributed by atoms with E-state index in [1.165, 1.54) is 30.5 Å². The van der Waals surface area contributed by atoms with Crippen LogP contribution in [0.4, 0.5) is 11.4 Å². The van der Waals surface area contributed by atoms with Crippen LogP contribution < -0.4 is 11.1 Å². The van der Waals surface area contributed by atoms with Gasteiger partial charge in [-0.2, -0.15) is 0 Å². The SMILES string of the molecule is O=C(Cn1c(=O)oc2cccnc21)Nc1cccc([N+](=O)[O-])c1. The van der Waals surface area contributed by atoms with Crippen LogP contribution in [0.15, 0.2) is 51.8 Å². The van der Waals surface area contributed by atoms with Gasteiger partial charge in [0.15, 0.2) is 11.2 Å². The number of nitrogens with zero attached hydrogens (tertiary/aromatic N) is 3. The number of nitro groups is 1. The molecule has 9 heteroatoms. The number of nitro benzene ring substituents is 1. The first-order valence-corrected chi connectivity index (χ1v) is 6.53. The third-order valence-corrected chi connectivity index (χ3v) is 3.07. The minimum atomic E-state index is -0.701. The van der Waals surface area contributed by atoms with Gasteiger partial charge >= 0.3 is 5.76 Å². The van der Waals surface area contributed by atoms with Gasteiger partial charge in [-0.05, 0) is 18.2 Å². The summed E-state index contributed by atoms with van der Waals surface area (Å²) in [5, 5.41) is 13.2. The number of oxazole rings is 1. The average Bonchev–Trinajstić information content (AvgIpc) is 2.83. The van der Waals surface area contributed by atoms with Gasteiger partial charge in [0, 0.05) is 24.0 Å². The first-order valence-electron chi connectivity index (χ1n) is 6.53. The highest BCUT2D eigenvalue weighted by molar-refractivity contribution is 5.91. The molecular weight excluding hydrogens is 304 g/mol. The largest absolute Gasteiger partial charge is 0.421 e. The summed E-state index contributed by atoms with van der Waals surface area (Å²) in [5.74, 6) is -1.23. The van der Waals surface area contributed by atoms with Crippen molar-refractivity contribution in [2.45, 2.75) is 6.54 Å². The molecule has 1 aromatic carbocycles. The lowest BCUT2D eigenvalue weighted by molar-refractivity contribution is -0.384. The van der Waals surface area contributed by atoms with Crippen LogP contribution >= 0.6 is 0 Å². The second-order valence-corrected chi connectivity index (χ2v) is 4.63. The van der Waals surface area contributed by atoms with Gasteiger partial charge in [-0.15, -0.1) is 0 Å². The van der Waals surface area contributed by atoms with Crippen LogP contribution in [0.3, 0.4) is 0 Å². The lowest BCUT2D eigenvalue weighted by Crippen LogP contribution is -2.25. The van der Waals surface area contributed by atoms with E-state index in [-0.39, 0.29) is 29.1 Å². The Kier molecular flexibility index (Phi) is 3.59. The number of nitrogens with one attached hydrogen (secondary N) is 1. The standard InChI is InChI=1S/C14H10N4O5/c19-12(16-9-3-1-4-10(7-9)18(21)22)8-17-13-11(23-14(17)20)5-2-6-15-13/h1-7H,8H2,(H,16,19). The summed E-state index contributed by atoms with van der Waals surface area (Å²) < 4.78 is 6.06. The van der Waals surface area contributed by atoms with Crippen molar-refractivity contribution >= 4 is 28.5 Å². The van der Waals surface area contributed by atoms with Crippen molar-refractivity contribution in [3.8, 4) is 0 Å². The molecule has 0 atom stereocenters. The van der Waals surface area contributed by atoms with E-state index in [0.29, 0.717) is 0 Å². The highest BCUT2D eigenvalue weighted by Crippen LogP contribution is 2.17. The number of fused-ring (bicyclic) bond motifs is 1. The lowest BCUT2D eigenvalue weighted by atomic mass is 10.3. The Labute approximate surface area is 128 Å². The van der Waals surface area contributed by atoms with Crippen molar-refractivity contribution in [1.82, 2.24) is 9.55 Å². The Morgan fingerprint density at radius 1 is 1.35 bits per heavy atom. The van der Waals surface area contributed by atoms with E-state index in [0.717, 1.165) is 4.57 Å². The lowest BCUT2D eigenvalue weighted by Gasteiger charge is -2.05. The maximum Gasteiger partial charge on any atom is 0.421 e. The number of amides is 1. The van der Waals surface area contributed by atoms with Gasteiger partial charge in [0.2, 0.25) is 5.91 Å². The number of benzene rings is 1. The van der Waals surface area contributed by atoms with Crippen LogP contribution in [0, 0.1) is 10.1 Å². The fourth-order valence-corrected chi connectivity index (χ4v) is 2.08. The molecule has 3 rings (SSSR count). The van der Waals surface area contributed by atoms with E-state index in [1.54, 1.807) is 12.1 Å². The quantitative estimate of drug-likeness (QED) is 0.576. The number of hydrogen-bond donors (Lipinski definition) is 1. The molecule has 1 N–H and O–H groups in total. The Morgan fingerprint density at radius 2 is 2.17 bits per heavy atom. The number of hydrogen-bond acceptors (Lipinski definition) is 6. The second-order valence-electron chi connectivity index (χ2n) is 4.63. The Morgan fingerprint density at radius 3 is 2.96 bits per heavy atom. The Balaban J connectivity index is 1.82. The number of carbonyl (C=O) groups is 1. The molecule has 0 aliphatic rings. The normalized spacial score (nSPS) is 10.6. The van der Waals surface area contributed by atoms with Crippen LogP contribution in [0.25, 0.3) is 11.2 Å². The van der Waals surface area contributed by atoms with Crippen molar-refractivity contribution in [2.24, 2.45) is 0 Å². The summed E-state index contributed by atoms with van der Waals surface area (Å²) in [7, 11) is 0. The molecule has 0 saturated heterocycles. The Hall–Kier alpha value is -3.49. The molecule has 0 saturated carbocycles. The average molecular weight is 314 g/mol. The topological polar surface area (TPSA) is 120 Å². The third-order valence-electron chi connectivity index (χ3n) is 3.07. The van der Waals surface area contributed by atoms with Gasteiger partial charge in [-0.3, -0.25) is 14.9 Å². The zero-order valence-corrected chi connectivity index (χ0v) is 11.6. The molecule has 116 valence electrons. The number of carbonyl (C=O) groups excluding carboxylic acids is 1. The second kappa shape index (κ2) is 5.72. The molecule has 23 heavy (non-hydrogen) atoms. The molecule has 2 aromatic heterocycles. The first-order chi connectivity index (χ1) is 11.0. The number of pyridine rings is 1. The maximum absolute atomic E-state index is 12.0. The molecule has 0 aliphatic heterocycles. The third kappa shape index (κ3) is 2.93. The van der Waals surface area contributed by atoms with Crippen molar-refractivity contribution in [1.29, 1.82) is 0 Å². The van der Waals surface area contributed by atoms with Gasteiger partial charge in [-0.1, -0.05) is 6.07 Å². The van der Waals surface area contributed by atoms with Crippen molar-refractivity contribution in [2.75, 3.05) is 5.32 Å². The molecule has 0 unspecified atom stereocenters.